The lowest BCUT2D eigenvalue weighted by atomic mass is 10.1. The van der Waals surface area contributed by atoms with Gasteiger partial charge >= 0.3 is 5.97 Å². The molecule has 3 nitrogen and oxygen atoms in total. The highest BCUT2D eigenvalue weighted by molar-refractivity contribution is 5.94. The molecule has 3 heteroatoms. The van der Waals surface area contributed by atoms with Crippen LogP contribution in [-0.2, 0) is 0 Å². The number of esters is 1. The van der Waals surface area contributed by atoms with Gasteiger partial charge in [-0.3, -0.25) is 0 Å². The first-order valence-electron chi connectivity index (χ1n) is 6.37. The van der Waals surface area contributed by atoms with Crippen molar-refractivity contribution in [2.24, 2.45) is 0 Å². The second kappa shape index (κ2) is 6.57. The van der Waals surface area contributed by atoms with Gasteiger partial charge < -0.3 is 9.47 Å². The average Bonchev–Trinajstić information content (AvgIpc) is 2.47. The molecule has 0 saturated heterocycles. The molecular weight excluding hydrogens is 252 g/mol. The van der Waals surface area contributed by atoms with Crippen molar-refractivity contribution < 1.29 is 14.3 Å². The van der Waals surface area contributed by atoms with Gasteiger partial charge in [0.2, 0.25) is 0 Å². The first-order valence-corrected chi connectivity index (χ1v) is 6.37. The number of hydrogen-bond donors (Lipinski definition) is 0. The summed E-state index contributed by atoms with van der Waals surface area (Å²) in [5.74, 6) is 0.599. The quantitative estimate of drug-likeness (QED) is 0.475. The van der Waals surface area contributed by atoms with Crippen molar-refractivity contribution in [1.82, 2.24) is 0 Å². The molecular formula is C17H16O3. The minimum absolute atomic E-state index is 0.409. The van der Waals surface area contributed by atoms with Crippen molar-refractivity contribution in [2.45, 2.75) is 13.8 Å². The second-order valence-electron chi connectivity index (χ2n) is 4.24. The van der Waals surface area contributed by atoms with E-state index < -0.39 is 5.97 Å². The van der Waals surface area contributed by atoms with E-state index in [9.17, 15) is 4.79 Å². The highest BCUT2D eigenvalue weighted by Gasteiger charge is 2.16. The second-order valence-corrected chi connectivity index (χ2v) is 4.24. The number of benzene rings is 2. The Balaban J connectivity index is 2.27. The van der Waals surface area contributed by atoms with Crippen LogP contribution in [0.15, 0.2) is 60.9 Å². The molecule has 20 heavy (non-hydrogen) atoms. The lowest BCUT2D eigenvalue weighted by Crippen LogP contribution is -2.10. The van der Waals surface area contributed by atoms with Gasteiger partial charge in [-0.1, -0.05) is 36.4 Å². The molecule has 102 valence electrons. The van der Waals surface area contributed by atoms with Crippen LogP contribution in [0.2, 0.25) is 0 Å². The number of carbonyl (C=O) groups is 1. The summed E-state index contributed by atoms with van der Waals surface area (Å²) in [6.45, 7) is 3.73. The summed E-state index contributed by atoms with van der Waals surface area (Å²) in [5, 5.41) is 0. The Morgan fingerprint density at radius 1 is 1.05 bits per heavy atom. The third-order valence-corrected chi connectivity index (χ3v) is 2.71. The maximum atomic E-state index is 12.2. The molecule has 0 aliphatic carbocycles. The van der Waals surface area contributed by atoms with E-state index in [4.69, 9.17) is 9.47 Å². The van der Waals surface area contributed by atoms with E-state index in [-0.39, 0.29) is 0 Å². The fraction of sp³-hybridized carbons (Fsp3) is 0.118. The summed E-state index contributed by atoms with van der Waals surface area (Å²) in [6, 6.07) is 14.4. The molecule has 0 amide bonds. The van der Waals surface area contributed by atoms with Crippen molar-refractivity contribution in [3.05, 3.63) is 72.0 Å². The standard InChI is InChI=1S/C17H16O3/c1-3-12-19-16-13(2)8-7-11-15(16)17(18)20-14-9-5-4-6-10-14/h3-12H,1-2H3. The fourth-order valence-corrected chi connectivity index (χ4v) is 1.76. The van der Waals surface area contributed by atoms with Gasteiger partial charge in [-0.15, -0.1) is 0 Å². The molecule has 2 aromatic rings. The molecule has 0 fully saturated rings. The van der Waals surface area contributed by atoms with E-state index in [1.165, 1.54) is 0 Å². The summed E-state index contributed by atoms with van der Waals surface area (Å²) in [5.41, 5.74) is 1.29. The normalized spacial score (nSPS) is 10.5. The van der Waals surface area contributed by atoms with Crippen LogP contribution in [0.25, 0.3) is 0 Å². The smallest absolute Gasteiger partial charge is 0.347 e. The van der Waals surface area contributed by atoms with Crippen LogP contribution in [0, 0.1) is 6.92 Å². The van der Waals surface area contributed by atoms with Gasteiger partial charge in [0.25, 0.3) is 0 Å². The van der Waals surface area contributed by atoms with Gasteiger partial charge in [0.15, 0.2) is 0 Å². The number of allylic oxidation sites excluding steroid dienone is 1. The average molecular weight is 268 g/mol. The van der Waals surface area contributed by atoms with Crippen molar-refractivity contribution in [2.75, 3.05) is 0 Å². The first kappa shape index (κ1) is 13.9. The van der Waals surface area contributed by atoms with E-state index in [1.807, 2.05) is 38.1 Å². The van der Waals surface area contributed by atoms with Crippen LogP contribution in [0.3, 0.4) is 0 Å². The van der Waals surface area contributed by atoms with Gasteiger partial charge in [0.1, 0.15) is 17.1 Å². The molecule has 0 radical (unpaired) electrons. The Morgan fingerprint density at radius 2 is 1.80 bits per heavy atom. The number of aryl methyl sites for hydroxylation is 1. The van der Waals surface area contributed by atoms with Crippen LogP contribution in [-0.4, -0.2) is 5.97 Å². The van der Waals surface area contributed by atoms with E-state index in [1.54, 1.807) is 36.6 Å². The molecule has 0 heterocycles. The summed E-state index contributed by atoms with van der Waals surface area (Å²) in [6.07, 6.45) is 3.31. The predicted molar refractivity (Wildman–Crippen MR) is 78.0 cm³/mol. The van der Waals surface area contributed by atoms with Crippen molar-refractivity contribution in [1.29, 1.82) is 0 Å². The fourth-order valence-electron chi connectivity index (χ4n) is 1.76. The monoisotopic (exact) mass is 268 g/mol. The van der Waals surface area contributed by atoms with Crippen LogP contribution in [0.5, 0.6) is 11.5 Å². The molecule has 0 aliphatic rings. The third-order valence-electron chi connectivity index (χ3n) is 2.71. The van der Waals surface area contributed by atoms with Crippen LogP contribution in [0.1, 0.15) is 22.8 Å². The van der Waals surface area contributed by atoms with E-state index in [0.29, 0.717) is 17.1 Å². The molecule has 0 unspecified atom stereocenters. The summed E-state index contributed by atoms with van der Waals surface area (Å²) >= 11 is 0. The summed E-state index contributed by atoms with van der Waals surface area (Å²) in [7, 11) is 0. The van der Waals surface area contributed by atoms with Crippen molar-refractivity contribution >= 4 is 5.97 Å². The van der Waals surface area contributed by atoms with Gasteiger partial charge in [-0.05, 0) is 37.6 Å². The number of ether oxygens (including phenoxy) is 2. The zero-order valence-electron chi connectivity index (χ0n) is 11.5. The van der Waals surface area contributed by atoms with E-state index in [0.717, 1.165) is 5.56 Å². The Bertz CT molecular complexity index is 615. The number of hydrogen-bond acceptors (Lipinski definition) is 3. The van der Waals surface area contributed by atoms with Gasteiger partial charge in [-0.25, -0.2) is 4.79 Å². The highest BCUT2D eigenvalue weighted by Crippen LogP contribution is 2.25. The van der Waals surface area contributed by atoms with E-state index >= 15 is 0 Å². The molecule has 0 bridgehead atoms. The minimum Gasteiger partial charge on any atom is -0.464 e. The Hall–Kier alpha value is -2.55. The summed E-state index contributed by atoms with van der Waals surface area (Å²) in [4.78, 5) is 12.2. The highest BCUT2D eigenvalue weighted by atomic mass is 16.5. The Kier molecular flexibility index (Phi) is 4.56. The largest absolute Gasteiger partial charge is 0.464 e. The maximum Gasteiger partial charge on any atom is 0.347 e. The van der Waals surface area contributed by atoms with Gasteiger partial charge in [0, 0.05) is 0 Å². The molecule has 2 rings (SSSR count). The summed E-state index contributed by atoms with van der Waals surface area (Å²) < 4.78 is 10.8. The molecule has 0 aromatic heterocycles. The molecule has 0 aliphatic heterocycles. The SMILES string of the molecule is CC=COc1c(C)cccc1C(=O)Oc1ccccc1. The molecule has 0 saturated carbocycles. The number of carbonyl (C=O) groups excluding carboxylic acids is 1. The van der Waals surface area contributed by atoms with Crippen LogP contribution in [0.4, 0.5) is 0 Å². The lowest BCUT2D eigenvalue weighted by Gasteiger charge is -2.10. The molecule has 0 atom stereocenters. The predicted octanol–water partition coefficient (Wildman–Crippen LogP) is 4.13. The van der Waals surface area contributed by atoms with Crippen molar-refractivity contribution in [3.63, 3.8) is 0 Å². The Morgan fingerprint density at radius 3 is 2.50 bits per heavy atom. The lowest BCUT2D eigenvalue weighted by molar-refractivity contribution is 0.0732. The van der Waals surface area contributed by atoms with Gasteiger partial charge in [-0.2, -0.15) is 0 Å². The third kappa shape index (κ3) is 3.26. The Labute approximate surface area is 118 Å². The van der Waals surface area contributed by atoms with Gasteiger partial charge in [0.05, 0.1) is 6.26 Å². The van der Waals surface area contributed by atoms with Crippen LogP contribution < -0.4 is 9.47 Å². The van der Waals surface area contributed by atoms with Crippen molar-refractivity contribution in [3.8, 4) is 11.5 Å². The molecule has 0 N–H and O–H groups in total. The zero-order valence-corrected chi connectivity index (χ0v) is 11.5. The van der Waals surface area contributed by atoms with E-state index in [2.05, 4.69) is 0 Å². The number of rotatable bonds is 4. The van der Waals surface area contributed by atoms with Crippen LogP contribution >= 0.6 is 0 Å². The molecule has 0 spiro atoms. The maximum absolute atomic E-state index is 12.2. The zero-order chi connectivity index (χ0) is 14.4. The topological polar surface area (TPSA) is 35.5 Å². The molecule has 2 aromatic carbocycles. The first-order chi connectivity index (χ1) is 9.72. The number of para-hydroxylation sites is 2. The minimum atomic E-state index is -0.431.